The van der Waals surface area contributed by atoms with Crippen LogP contribution in [0.4, 0.5) is 13.2 Å². The van der Waals surface area contributed by atoms with Gasteiger partial charge in [-0.2, -0.15) is 13.2 Å². The Labute approximate surface area is 97.6 Å². The molecule has 0 aliphatic heterocycles. The van der Waals surface area contributed by atoms with Gasteiger partial charge >= 0.3 is 6.18 Å². The second-order valence-electron chi connectivity index (χ2n) is 2.40. The Kier molecular flexibility index (Phi) is 15.4. The molecule has 0 nitrogen and oxygen atoms in total. The predicted molar refractivity (Wildman–Crippen MR) is 66.5 cm³/mol. The Morgan fingerprint density at radius 3 is 1.62 bits per heavy atom. The lowest BCUT2D eigenvalue weighted by atomic mass is 10.1. The lowest BCUT2D eigenvalue weighted by Crippen LogP contribution is -2.10. The van der Waals surface area contributed by atoms with Gasteiger partial charge in [0.15, 0.2) is 0 Å². The minimum Gasteiger partial charge on any atom is -0.166 e. The zero-order chi connectivity index (χ0) is 13.8. The Bertz CT molecular complexity index is 220. The molecule has 0 heterocycles. The molecule has 96 valence electrons. The Morgan fingerprint density at radius 1 is 1.00 bits per heavy atom. The molecule has 0 aliphatic rings. The van der Waals surface area contributed by atoms with Gasteiger partial charge in [0.25, 0.3) is 0 Å². The fraction of sp³-hybridized carbons (Fsp3) is 0.538. The van der Waals surface area contributed by atoms with Crippen LogP contribution < -0.4 is 0 Å². The number of halogens is 3. The molecule has 0 spiro atoms. The topological polar surface area (TPSA) is 0 Å². The molecule has 0 bridgehead atoms. The van der Waals surface area contributed by atoms with Gasteiger partial charge in [-0.3, -0.25) is 0 Å². The first-order chi connectivity index (χ1) is 7.39. The van der Waals surface area contributed by atoms with Gasteiger partial charge in [-0.25, -0.2) is 0 Å². The molecule has 0 unspecified atom stereocenters. The van der Waals surface area contributed by atoms with Gasteiger partial charge in [0, 0.05) is 5.57 Å². The molecule has 0 saturated carbocycles. The van der Waals surface area contributed by atoms with E-state index >= 15 is 0 Å². The first kappa shape index (κ1) is 20.4. The van der Waals surface area contributed by atoms with Crippen molar-refractivity contribution in [1.29, 1.82) is 0 Å². The van der Waals surface area contributed by atoms with Gasteiger partial charge in [0.2, 0.25) is 0 Å². The van der Waals surface area contributed by atoms with E-state index in [0.717, 1.165) is 6.92 Å². The summed E-state index contributed by atoms with van der Waals surface area (Å²) < 4.78 is 36.0. The molecule has 0 aromatic heterocycles. The van der Waals surface area contributed by atoms with E-state index in [9.17, 15) is 13.2 Å². The van der Waals surface area contributed by atoms with Crippen molar-refractivity contribution in [1.82, 2.24) is 0 Å². The first-order valence-electron chi connectivity index (χ1n) is 5.43. The van der Waals surface area contributed by atoms with Crippen LogP contribution in [0.5, 0.6) is 0 Å². The predicted octanol–water partition coefficient (Wildman–Crippen LogP) is 5.68. The van der Waals surface area contributed by atoms with Crippen molar-refractivity contribution in [3.8, 4) is 0 Å². The molecule has 0 aromatic carbocycles. The van der Waals surface area contributed by atoms with E-state index in [4.69, 9.17) is 0 Å². The van der Waals surface area contributed by atoms with E-state index in [0.29, 0.717) is 0 Å². The van der Waals surface area contributed by atoms with Crippen molar-refractivity contribution in [3.63, 3.8) is 0 Å². The van der Waals surface area contributed by atoms with Crippen molar-refractivity contribution in [2.75, 3.05) is 0 Å². The Morgan fingerprint density at radius 2 is 1.38 bits per heavy atom. The maximum absolute atomic E-state index is 12.0. The molecule has 0 rings (SSSR count). The highest BCUT2D eigenvalue weighted by Crippen LogP contribution is 2.27. The van der Waals surface area contributed by atoms with Crippen LogP contribution in [0.3, 0.4) is 0 Å². The SMILES string of the molecule is C=C/C=C\C(C)=C(/C)C(F)(F)F.CC.CC. The highest BCUT2D eigenvalue weighted by atomic mass is 19.4. The van der Waals surface area contributed by atoms with Gasteiger partial charge in [-0.05, 0) is 19.4 Å². The number of alkyl halides is 3. The fourth-order valence-electron chi connectivity index (χ4n) is 0.561. The fourth-order valence-corrected chi connectivity index (χ4v) is 0.561. The summed E-state index contributed by atoms with van der Waals surface area (Å²) in [7, 11) is 0. The normalized spacial score (nSPS) is 11.8. The van der Waals surface area contributed by atoms with Crippen LogP contribution in [0.25, 0.3) is 0 Å². The monoisotopic (exact) mass is 236 g/mol. The quantitative estimate of drug-likeness (QED) is 0.541. The van der Waals surface area contributed by atoms with E-state index in [1.807, 2.05) is 27.7 Å². The third-order valence-electron chi connectivity index (χ3n) is 1.50. The molecule has 0 atom stereocenters. The summed E-state index contributed by atoms with van der Waals surface area (Å²) in [6.45, 7) is 13.8. The van der Waals surface area contributed by atoms with Crippen LogP contribution in [0.15, 0.2) is 36.0 Å². The van der Waals surface area contributed by atoms with E-state index in [1.54, 1.807) is 0 Å². The highest BCUT2D eigenvalue weighted by molar-refractivity contribution is 5.27. The van der Waals surface area contributed by atoms with Crippen LogP contribution in [-0.2, 0) is 0 Å². The highest BCUT2D eigenvalue weighted by Gasteiger charge is 2.30. The molecular weight excluding hydrogens is 213 g/mol. The molecule has 0 saturated heterocycles. The molecule has 3 heteroatoms. The van der Waals surface area contributed by atoms with E-state index in [1.165, 1.54) is 25.2 Å². The van der Waals surface area contributed by atoms with Gasteiger partial charge in [-0.15, -0.1) is 0 Å². The van der Waals surface area contributed by atoms with Crippen molar-refractivity contribution >= 4 is 0 Å². The van der Waals surface area contributed by atoms with Gasteiger partial charge < -0.3 is 0 Å². The molecule has 0 fully saturated rings. The van der Waals surface area contributed by atoms with Crippen LogP contribution in [-0.4, -0.2) is 6.18 Å². The molecule has 16 heavy (non-hydrogen) atoms. The second kappa shape index (κ2) is 12.1. The summed E-state index contributed by atoms with van der Waals surface area (Å²) in [5.41, 5.74) is -0.358. The summed E-state index contributed by atoms with van der Waals surface area (Å²) in [6.07, 6.45) is 0.0726. The summed E-state index contributed by atoms with van der Waals surface area (Å²) in [5, 5.41) is 0. The minimum atomic E-state index is -4.23. The molecule has 0 aromatic rings. The van der Waals surface area contributed by atoms with E-state index in [2.05, 4.69) is 6.58 Å². The smallest absolute Gasteiger partial charge is 0.166 e. The van der Waals surface area contributed by atoms with Crippen LogP contribution >= 0.6 is 0 Å². The maximum atomic E-state index is 12.0. The Hall–Kier alpha value is -0.990. The zero-order valence-electron chi connectivity index (χ0n) is 11.1. The average molecular weight is 236 g/mol. The third-order valence-corrected chi connectivity index (χ3v) is 1.50. The van der Waals surface area contributed by atoms with Crippen LogP contribution in [0, 0.1) is 0 Å². The molecule has 0 radical (unpaired) electrons. The lowest BCUT2D eigenvalue weighted by molar-refractivity contribution is -0.0919. The van der Waals surface area contributed by atoms with Crippen LogP contribution in [0.2, 0.25) is 0 Å². The zero-order valence-corrected chi connectivity index (χ0v) is 11.1. The third kappa shape index (κ3) is 11.1. The second-order valence-corrected chi connectivity index (χ2v) is 2.40. The standard InChI is InChI=1S/C9H11F3.2C2H6/c1-4-5-6-7(2)8(3)9(10,11)12;2*1-2/h4-6H,1H2,2-3H3;2*1-2H3/b6-5-,8-7+;;. The van der Waals surface area contributed by atoms with Gasteiger partial charge in [0.1, 0.15) is 0 Å². The first-order valence-corrected chi connectivity index (χ1v) is 5.43. The van der Waals surface area contributed by atoms with E-state index < -0.39 is 11.7 Å². The van der Waals surface area contributed by atoms with Gasteiger partial charge in [-0.1, -0.05) is 52.5 Å². The summed E-state index contributed by atoms with van der Waals surface area (Å²) in [4.78, 5) is 0. The van der Waals surface area contributed by atoms with E-state index in [-0.39, 0.29) is 5.57 Å². The largest absolute Gasteiger partial charge is 0.412 e. The summed E-state index contributed by atoms with van der Waals surface area (Å²) in [5.74, 6) is 0. The summed E-state index contributed by atoms with van der Waals surface area (Å²) in [6, 6.07) is 0. The summed E-state index contributed by atoms with van der Waals surface area (Å²) >= 11 is 0. The van der Waals surface area contributed by atoms with Crippen LogP contribution in [0.1, 0.15) is 41.5 Å². The molecular formula is C13H23F3. The molecule has 0 N–H and O–H groups in total. The van der Waals surface area contributed by atoms with Crippen molar-refractivity contribution in [3.05, 3.63) is 36.0 Å². The number of hydrogen-bond acceptors (Lipinski definition) is 0. The molecule has 0 amide bonds. The number of hydrogen-bond donors (Lipinski definition) is 0. The maximum Gasteiger partial charge on any atom is 0.412 e. The number of allylic oxidation sites excluding steroid dienone is 5. The minimum absolute atomic E-state index is 0.211. The van der Waals surface area contributed by atoms with Gasteiger partial charge in [0.05, 0.1) is 0 Å². The van der Waals surface area contributed by atoms with Crippen molar-refractivity contribution < 1.29 is 13.2 Å². The lowest BCUT2D eigenvalue weighted by Gasteiger charge is -2.07. The average Bonchev–Trinajstić information content (AvgIpc) is 2.29. The molecule has 0 aliphatic carbocycles. The van der Waals surface area contributed by atoms with Crippen molar-refractivity contribution in [2.24, 2.45) is 0 Å². The van der Waals surface area contributed by atoms with Crippen molar-refractivity contribution in [2.45, 2.75) is 47.7 Å². The Balaban J connectivity index is -0.000000376. The number of rotatable bonds is 2.